The second kappa shape index (κ2) is 10.8. The summed E-state index contributed by atoms with van der Waals surface area (Å²) in [6.07, 6.45) is 0.782. The number of rotatable bonds is 6. The fourth-order valence-corrected chi connectivity index (χ4v) is 4.66. The molecule has 0 spiro atoms. The molecule has 8 heteroatoms. The van der Waals surface area contributed by atoms with Crippen molar-refractivity contribution in [3.8, 4) is 0 Å². The van der Waals surface area contributed by atoms with Crippen LogP contribution in [0.2, 0.25) is 0 Å². The van der Waals surface area contributed by atoms with Gasteiger partial charge in [0.1, 0.15) is 10.9 Å². The van der Waals surface area contributed by atoms with Gasteiger partial charge in [-0.05, 0) is 18.9 Å². The molecule has 3 rings (SSSR count). The molecular weight excluding hydrogens is 390 g/mol. The van der Waals surface area contributed by atoms with Gasteiger partial charge in [0, 0.05) is 42.5 Å². The average Bonchev–Trinajstić information content (AvgIpc) is 3.06. The Kier molecular flexibility index (Phi) is 8.71. The summed E-state index contributed by atoms with van der Waals surface area (Å²) in [5.74, 6) is 0.998. The Morgan fingerprint density at radius 1 is 1.42 bits per heavy atom. The van der Waals surface area contributed by atoms with Gasteiger partial charge in [-0.2, -0.15) is 0 Å². The summed E-state index contributed by atoms with van der Waals surface area (Å²) in [4.78, 5) is 18.6. The van der Waals surface area contributed by atoms with E-state index in [0.29, 0.717) is 25.7 Å². The first-order valence-electron chi connectivity index (χ1n) is 8.44. The molecular formula is C18H24ClN3O2S2. The second-order valence-corrected chi connectivity index (χ2v) is 8.23. The van der Waals surface area contributed by atoms with Gasteiger partial charge in [0.05, 0.1) is 0 Å². The van der Waals surface area contributed by atoms with Crippen molar-refractivity contribution in [1.29, 1.82) is 0 Å². The minimum atomic E-state index is -0.224. The number of amides is 1. The highest BCUT2D eigenvalue weighted by Crippen LogP contribution is 2.23. The van der Waals surface area contributed by atoms with Gasteiger partial charge >= 0.3 is 6.09 Å². The Bertz CT molecular complexity index is 684. The maximum absolute atomic E-state index is 12.3. The van der Waals surface area contributed by atoms with E-state index in [0.717, 1.165) is 34.3 Å². The first-order valence-corrected chi connectivity index (χ1v) is 10.3. The zero-order valence-electron chi connectivity index (χ0n) is 14.7. The summed E-state index contributed by atoms with van der Waals surface area (Å²) in [5, 5.41) is 5.56. The van der Waals surface area contributed by atoms with E-state index in [1.807, 2.05) is 42.2 Å². The smallest absolute Gasteiger partial charge is 0.410 e. The summed E-state index contributed by atoms with van der Waals surface area (Å²) in [5.41, 5.74) is 2.09. The molecule has 142 valence electrons. The van der Waals surface area contributed by atoms with Gasteiger partial charge in [0.25, 0.3) is 0 Å². The fourth-order valence-electron chi connectivity index (χ4n) is 2.68. The van der Waals surface area contributed by atoms with E-state index < -0.39 is 0 Å². The molecule has 1 aliphatic rings. The lowest BCUT2D eigenvalue weighted by Crippen LogP contribution is -2.52. The Balaban J connectivity index is 0.00000243. The molecule has 0 aliphatic carbocycles. The third kappa shape index (κ3) is 6.46. The van der Waals surface area contributed by atoms with Crippen molar-refractivity contribution in [2.45, 2.75) is 30.3 Å². The molecule has 5 nitrogen and oxygen atoms in total. The summed E-state index contributed by atoms with van der Waals surface area (Å²) >= 11 is 3.48. The average molecular weight is 414 g/mol. The zero-order chi connectivity index (χ0) is 17.5. The SMILES string of the molecule is Cc1csc(SCC[C@@H]2CN(C(=O)OCc3ccccc3)CCN2)n1.Cl. The van der Waals surface area contributed by atoms with Crippen LogP contribution in [0, 0.1) is 6.92 Å². The molecule has 1 amide bonds. The number of halogens is 1. The maximum atomic E-state index is 12.3. The van der Waals surface area contributed by atoms with Crippen LogP contribution in [0.25, 0.3) is 0 Å². The number of carbonyl (C=O) groups excluding carboxylic acids is 1. The number of ether oxygens (including phenoxy) is 1. The number of thiazole rings is 1. The van der Waals surface area contributed by atoms with Crippen molar-refractivity contribution >= 4 is 41.6 Å². The van der Waals surface area contributed by atoms with E-state index in [9.17, 15) is 4.79 Å². The normalized spacial score (nSPS) is 16.8. The van der Waals surface area contributed by atoms with Crippen LogP contribution < -0.4 is 5.32 Å². The second-order valence-electron chi connectivity index (χ2n) is 6.03. The van der Waals surface area contributed by atoms with Gasteiger partial charge in [-0.25, -0.2) is 9.78 Å². The molecule has 1 aromatic heterocycles. The standard InChI is InChI=1S/C18H23N3O2S2.ClH/c1-14-13-25-17(20-14)24-10-7-16-11-21(9-8-19-16)18(22)23-12-15-5-3-2-4-6-15;/h2-6,13,16,19H,7-12H2,1H3;1H/t16-;/m1./s1. The third-order valence-electron chi connectivity index (χ3n) is 4.01. The van der Waals surface area contributed by atoms with E-state index in [2.05, 4.69) is 15.7 Å². The number of carbonyl (C=O) groups is 1. The number of hydrogen-bond donors (Lipinski definition) is 1. The van der Waals surface area contributed by atoms with Crippen LogP contribution >= 0.6 is 35.5 Å². The maximum Gasteiger partial charge on any atom is 0.410 e. The van der Waals surface area contributed by atoms with E-state index in [4.69, 9.17) is 4.74 Å². The van der Waals surface area contributed by atoms with E-state index in [-0.39, 0.29) is 18.5 Å². The Morgan fingerprint density at radius 2 is 2.23 bits per heavy atom. The van der Waals surface area contributed by atoms with Crippen LogP contribution in [-0.4, -0.2) is 47.4 Å². The van der Waals surface area contributed by atoms with Crippen molar-refractivity contribution in [2.75, 3.05) is 25.4 Å². The lowest BCUT2D eigenvalue weighted by Gasteiger charge is -2.33. The molecule has 1 N–H and O–H groups in total. The fraction of sp³-hybridized carbons (Fsp3) is 0.444. The van der Waals surface area contributed by atoms with Gasteiger partial charge in [0.2, 0.25) is 0 Å². The summed E-state index contributed by atoms with van der Waals surface area (Å²) in [6, 6.07) is 10.1. The van der Waals surface area contributed by atoms with Gasteiger partial charge < -0.3 is 15.0 Å². The Labute approximate surface area is 168 Å². The number of piperazine rings is 1. The Morgan fingerprint density at radius 3 is 2.96 bits per heavy atom. The van der Waals surface area contributed by atoms with Crippen molar-refractivity contribution in [1.82, 2.24) is 15.2 Å². The number of aromatic nitrogens is 1. The molecule has 0 unspecified atom stereocenters. The van der Waals surface area contributed by atoms with Crippen LogP contribution in [0.3, 0.4) is 0 Å². The Hall–Kier alpha value is -1.28. The molecule has 2 aromatic rings. The quantitative estimate of drug-likeness (QED) is 0.726. The highest BCUT2D eigenvalue weighted by molar-refractivity contribution is 8.01. The molecule has 26 heavy (non-hydrogen) atoms. The monoisotopic (exact) mass is 413 g/mol. The van der Waals surface area contributed by atoms with E-state index in [1.54, 1.807) is 23.1 Å². The van der Waals surface area contributed by atoms with Crippen molar-refractivity contribution < 1.29 is 9.53 Å². The van der Waals surface area contributed by atoms with Crippen molar-refractivity contribution in [2.24, 2.45) is 0 Å². The first kappa shape index (κ1) is 21.0. The molecule has 0 bridgehead atoms. The lowest BCUT2D eigenvalue weighted by atomic mass is 10.2. The summed E-state index contributed by atoms with van der Waals surface area (Å²) in [7, 11) is 0. The summed E-state index contributed by atoms with van der Waals surface area (Å²) in [6.45, 7) is 4.55. The van der Waals surface area contributed by atoms with Crippen molar-refractivity contribution in [3.63, 3.8) is 0 Å². The number of hydrogen-bond acceptors (Lipinski definition) is 6. The predicted molar refractivity (Wildman–Crippen MR) is 109 cm³/mol. The minimum absolute atomic E-state index is 0. The largest absolute Gasteiger partial charge is 0.445 e. The first-order chi connectivity index (χ1) is 12.2. The number of benzene rings is 1. The highest BCUT2D eigenvalue weighted by Gasteiger charge is 2.24. The number of aryl methyl sites for hydroxylation is 1. The molecule has 0 radical (unpaired) electrons. The topological polar surface area (TPSA) is 54.5 Å². The van der Waals surface area contributed by atoms with E-state index >= 15 is 0 Å². The molecule has 1 atom stereocenters. The van der Waals surface area contributed by atoms with Crippen LogP contribution in [0.4, 0.5) is 4.79 Å². The lowest BCUT2D eigenvalue weighted by molar-refractivity contribution is 0.0847. The molecule has 1 fully saturated rings. The van der Waals surface area contributed by atoms with E-state index in [1.165, 1.54) is 0 Å². The number of thioether (sulfide) groups is 1. The van der Waals surface area contributed by atoms with Crippen LogP contribution in [0.1, 0.15) is 17.7 Å². The van der Waals surface area contributed by atoms with Gasteiger partial charge in [-0.1, -0.05) is 42.1 Å². The van der Waals surface area contributed by atoms with Crippen LogP contribution in [0.5, 0.6) is 0 Å². The molecule has 1 aliphatic heterocycles. The van der Waals surface area contributed by atoms with Crippen LogP contribution in [-0.2, 0) is 11.3 Å². The minimum Gasteiger partial charge on any atom is -0.445 e. The number of nitrogens with one attached hydrogen (secondary N) is 1. The molecule has 1 saturated heterocycles. The van der Waals surface area contributed by atoms with Crippen molar-refractivity contribution in [3.05, 3.63) is 47.0 Å². The molecule has 0 saturated carbocycles. The zero-order valence-corrected chi connectivity index (χ0v) is 17.2. The summed E-state index contributed by atoms with van der Waals surface area (Å²) < 4.78 is 6.56. The van der Waals surface area contributed by atoms with Crippen LogP contribution in [0.15, 0.2) is 40.1 Å². The van der Waals surface area contributed by atoms with Gasteiger partial charge in [-0.3, -0.25) is 0 Å². The number of nitrogens with zero attached hydrogens (tertiary/aromatic N) is 2. The molecule has 1 aromatic carbocycles. The third-order valence-corrected chi connectivity index (χ3v) is 6.18. The highest BCUT2D eigenvalue weighted by atomic mass is 35.5. The van der Waals surface area contributed by atoms with Gasteiger partial charge in [0.15, 0.2) is 0 Å². The predicted octanol–water partition coefficient (Wildman–Crippen LogP) is 3.97. The van der Waals surface area contributed by atoms with Gasteiger partial charge in [-0.15, -0.1) is 23.7 Å². The molecule has 2 heterocycles.